The molecule has 0 aliphatic heterocycles. The minimum Gasteiger partial charge on any atom is -0.496 e. The number of ether oxygens (including phenoxy) is 1. The first-order valence-electron chi connectivity index (χ1n) is 11.2. The van der Waals surface area contributed by atoms with Crippen molar-refractivity contribution in [2.24, 2.45) is 0 Å². The number of para-hydroxylation sites is 1. The average molecular weight is 443 g/mol. The fraction of sp³-hybridized carbons (Fsp3) is 0.0323. The maximum atomic E-state index is 6.17. The van der Waals surface area contributed by atoms with Crippen molar-refractivity contribution in [3.63, 3.8) is 0 Å². The Balaban J connectivity index is 1.31. The monoisotopic (exact) mass is 442 g/mol. The Labute approximate surface area is 197 Å². The van der Waals surface area contributed by atoms with Crippen LogP contribution in [0.3, 0.4) is 0 Å². The summed E-state index contributed by atoms with van der Waals surface area (Å²) in [6, 6.07) is 34.7. The molecule has 34 heavy (non-hydrogen) atoms. The molecule has 2 aromatic heterocycles. The highest BCUT2D eigenvalue weighted by Gasteiger charge is 2.11. The SMILES string of the molecule is COc1ccccc1/C=C/c1ccc2oc(-c3ccc4oc(-c5ccccc5)cc4c3)cc2c1. The highest BCUT2D eigenvalue weighted by atomic mass is 16.5. The third-order valence-electron chi connectivity index (χ3n) is 5.99. The van der Waals surface area contributed by atoms with Gasteiger partial charge in [-0.2, -0.15) is 0 Å². The van der Waals surface area contributed by atoms with E-state index in [4.69, 9.17) is 13.6 Å². The fourth-order valence-electron chi connectivity index (χ4n) is 4.24. The molecular formula is C31H22O3. The number of rotatable bonds is 5. The molecule has 0 bridgehead atoms. The van der Waals surface area contributed by atoms with Crippen LogP contribution >= 0.6 is 0 Å². The van der Waals surface area contributed by atoms with Gasteiger partial charge in [0.1, 0.15) is 28.4 Å². The van der Waals surface area contributed by atoms with Gasteiger partial charge in [0, 0.05) is 27.5 Å². The lowest BCUT2D eigenvalue weighted by Crippen LogP contribution is -1.85. The number of fused-ring (bicyclic) bond motifs is 2. The molecule has 0 amide bonds. The second-order valence-electron chi connectivity index (χ2n) is 8.21. The summed E-state index contributed by atoms with van der Waals surface area (Å²) in [7, 11) is 1.69. The third-order valence-corrected chi connectivity index (χ3v) is 5.99. The molecule has 0 spiro atoms. The summed E-state index contributed by atoms with van der Waals surface area (Å²) in [4.78, 5) is 0. The average Bonchev–Trinajstić information content (AvgIpc) is 3.51. The smallest absolute Gasteiger partial charge is 0.135 e. The molecule has 0 aliphatic rings. The van der Waals surface area contributed by atoms with Crippen molar-refractivity contribution in [2.75, 3.05) is 7.11 Å². The molecule has 0 unspecified atom stereocenters. The van der Waals surface area contributed by atoms with Crippen LogP contribution in [0.15, 0.2) is 112 Å². The van der Waals surface area contributed by atoms with E-state index < -0.39 is 0 Å². The summed E-state index contributed by atoms with van der Waals surface area (Å²) in [6.45, 7) is 0. The van der Waals surface area contributed by atoms with E-state index in [-0.39, 0.29) is 0 Å². The summed E-state index contributed by atoms with van der Waals surface area (Å²) in [6.07, 6.45) is 4.16. The van der Waals surface area contributed by atoms with Crippen LogP contribution < -0.4 is 4.74 Å². The third kappa shape index (κ3) is 3.78. The summed E-state index contributed by atoms with van der Waals surface area (Å²) < 4.78 is 17.7. The predicted octanol–water partition coefficient (Wildman–Crippen LogP) is 8.69. The first-order valence-corrected chi connectivity index (χ1v) is 11.2. The van der Waals surface area contributed by atoms with Gasteiger partial charge < -0.3 is 13.6 Å². The van der Waals surface area contributed by atoms with Crippen molar-refractivity contribution >= 4 is 34.1 Å². The second-order valence-corrected chi connectivity index (χ2v) is 8.21. The highest BCUT2D eigenvalue weighted by Crippen LogP contribution is 2.34. The molecule has 0 N–H and O–H groups in total. The van der Waals surface area contributed by atoms with Crippen LogP contribution in [0.25, 0.3) is 56.7 Å². The van der Waals surface area contributed by atoms with E-state index in [9.17, 15) is 0 Å². The normalized spacial score (nSPS) is 11.6. The van der Waals surface area contributed by atoms with E-state index in [1.807, 2.05) is 60.7 Å². The maximum absolute atomic E-state index is 6.17. The molecule has 0 saturated heterocycles. The Hall–Kier alpha value is -4.50. The van der Waals surface area contributed by atoms with Gasteiger partial charge in [-0.1, -0.05) is 66.7 Å². The minimum atomic E-state index is 0.838. The van der Waals surface area contributed by atoms with Crippen molar-refractivity contribution in [3.8, 4) is 28.4 Å². The molecule has 2 heterocycles. The molecule has 0 radical (unpaired) electrons. The predicted molar refractivity (Wildman–Crippen MR) is 139 cm³/mol. The Morgan fingerprint density at radius 3 is 2.06 bits per heavy atom. The fourth-order valence-corrected chi connectivity index (χ4v) is 4.24. The lowest BCUT2D eigenvalue weighted by molar-refractivity contribution is 0.414. The number of methoxy groups -OCH3 is 1. The van der Waals surface area contributed by atoms with Crippen molar-refractivity contribution in [1.82, 2.24) is 0 Å². The van der Waals surface area contributed by atoms with E-state index >= 15 is 0 Å². The lowest BCUT2D eigenvalue weighted by atomic mass is 10.1. The van der Waals surface area contributed by atoms with Gasteiger partial charge in [0.15, 0.2) is 0 Å². The van der Waals surface area contributed by atoms with Crippen molar-refractivity contribution < 1.29 is 13.6 Å². The van der Waals surface area contributed by atoms with Crippen LogP contribution in [0.2, 0.25) is 0 Å². The van der Waals surface area contributed by atoms with E-state index in [0.717, 1.165) is 61.5 Å². The van der Waals surface area contributed by atoms with Crippen LogP contribution in [0.5, 0.6) is 5.75 Å². The maximum Gasteiger partial charge on any atom is 0.135 e. The Bertz CT molecular complexity index is 1630. The topological polar surface area (TPSA) is 35.5 Å². The second kappa shape index (κ2) is 8.45. The molecule has 3 nitrogen and oxygen atoms in total. The number of benzene rings is 4. The number of furan rings is 2. The van der Waals surface area contributed by atoms with Crippen LogP contribution in [0, 0.1) is 0 Å². The first-order chi connectivity index (χ1) is 16.8. The van der Waals surface area contributed by atoms with Crippen molar-refractivity contribution in [3.05, 3.63) is 114 Å². The molecule has 164 valence electrons. The molecule has 6 aromatic rings. The summed E-state index contributed by atoms with van der Waals surface area (Å²) in [5.74, 6) is 2.56. The van der Waals surface area contributed by atoms with Gasteiger partial charge in [0.2, 0.25) is 0 Å². The summed E-state index contributed by atoms with van der Waals surface area (Å²) >= 11 is 0. The Kier molecular flexibility index (Phi) is 5.00. The molecular weight excluding hydrogens is 420 g/mol. The first kappa shape index (κ1) is 20.1. The van der Waals surface area contributed by atoms with Gasteiger partial charge in [-0.3, -0.25) is 0 Å². The molecule has 0 saturated carbocycles. The van der Waals surface area contributed by atoms with Gasteiger partial charge in [-0.25, -0.2) is 0 Å². The van der Waals surface area contributed by atoms with Gasteiger partial charge in [0.05, 0.1) is 7.11 Å². The van der Waals surface area contributed by atoms with E-state index in [0.29, 0.717) is 0 Å². The zero-order chi connectivity index (χ0) is 22.9. The Morgan fingerprint density at radius 1 is 0.588 bits per heavy atom. The van der Waals surface area contributed by atoms with Gasteiger partial charge >= 0.3 is 0 Å². The van der Waals surface area contributed by atoms with Gasteiger partial charge in [-0.05, 0) is 54.1 Å². The quantitative estimate of drug-likeness (QED) is 0.251. The summed E-state index contributed by atoms with van der Waals surface area (Å²) in [5, 5.41) is 2.12. The van der Waals surface area contributed by atoms with Crippen LogP contribution in [0.1, 0.15) is 11.1 Å². The molecule has 0 aliphatic carbocycles. The van der Waals surface area contributed by atoms with E-state index in [2.05, 4.69) is 54.6 Å². The largest absolute Gasteiger partial charge is 0.496 e. The van der Waals surface area contributed by atoms with Crippen molar-refractivity contribution in [1.29, 1.82) is 0 Å². The zero-order valence-corrected chi connectivity index (χ0v) is 18.7. The molecule has 4 aromatic carbocycles. The van der Waals surface area contributed by atoms with E-state index in [1.54, 1.807) is 7.11 Å². The Morgan fingerprint density at radius 2 is 1.26 bits per heavy atom. The van der Waals surface area contributed by atoms with Crippen LogP contribution in [0.4, 0.5) is 0 Å². The van der Waals surface area contributed by atoms with Crippen LogP contribution in [-0.4, -0.2) is 7.11 Å². The lowest BCUT2D eigenvalue weighted by Gasteiger charge is -2.03. The molecule has 0 fully saturated rings. The molecule has 6 rings (SSSR count). The van der Waals surface area contributed by atoms with E-state index in [1.165, 1.54) is 0 Å². The van der Waals surface area contributed by atoms with Gasteiger partial charge in [-0.15, -0.1) is 0 Å². The van der Waals surface area contributed by atoms with Crippen LogP contribution in [-0.2, 0) is 0 Å². The zero-order valence-electron chi connectivity index (χ0n) is 18.7. The number of hydrogen-bond donors (Lipinski definition) is 0. The van der Waals surface area contributed by atoms with Gasteiger partial charge in [0.25, 0.3) is 0 Å². The summed E-state index contributed by atoms with van der Waals surface area (Å²) in [5.41, 5.74) is 5.96. The highest BCUT2D eigenvalue weighted by molar-refractivity contribution is 5.90. The molecule has 3 heteroatoms. The number of hydrogen-bond acceptors (Lipinski definition) is 3. The van der Waals surface area contributed by atoms with Crippen molar-refractivity contribution in [2.45, 2.75) is 0 Å². The minimum absolute atomic E-state index is 0.838. The standard InChI is InChI=1S/C31H22O3/c1-32-27-10-6-5-9-23(27)13-11-21-12-15-28-25(17-21)19-31(34-28)24-14-16-29-26(18-24)20-30(33-29)22-7-3-2-4-8-22/h2-20H,1H3/b13-11+. The molecule has 0 atom stereocenters.